The summed E-state index contributed by atoms with van der Waals surface area (Å²) in [4.78, 5) is 0. The van der Waals surface area contributed by atoms with Crippen LogP contribution in [0.1, 0.15) is 36.1 Å². The molecule has 9 rings (SSSR count). The summed E-state index contributed by atoms with van der Waals surface area (Å²) >= 11 is 0. The minimum absolute atomic E-state index is 0.0542. The maximum Gasteiger partial charge on any atom is 0.127 e. The van der Waals surface area contributed by atoms with Gasteiger partial charge in [0.05, 0.1) is 44.1 Å². The van der Waals surface area contributed by atoms with Crippen LogP contribution in [0.5, 0.6) is 11.5 Å². The second kappa shape index (κ2) is 13.4. The summed E-state index contributed by atoms with van der Waals surface area (Å²) in [5.41, 5.74) is 6.82. The number of fused-ring (bicyclic) bond motifs is 5. The van der Waals surface area contributed by atoms with E-state index in [1.54, 1.807) is 0 Å². The maximum atomic E-state index is 6.50. The molecule has 2 fully saturated rings. The fourth-order valence-corrected chi connectivity index (χ4v) is 7.81. The van der Waals surface area contributed by atoms with Crippen molar-refractivity contribution in [3.05, 3.63) is 144 Å². The largest absolute Gasteiger partial charge is 0.490 e. The van der Waals surface area contributed by atoms with Gasteiger partial charge in [0.1, 0.15) is 36.9 Å². The molecule has 0 amide bonds. The molecule has 4 atom stereocenters. The van der Waals surface area contributed by atoms with E-state index in [4.69, 9.17) is 28.4 Å². The normalized spacial score (nSPS) is 19.3. The first-order valence-corrected chi connectivity index (χ1v) is 18.1. The van der Waals surface area contributed by atoms with E-state index in [9.17, 15) is 0 Å². The standard InChI is InChI=1S/C45H42O6/c1-29(46-25-31-27-48-31)23-50-43-21-9-13-35-37(43)15-7-19-41(35)45(39-17-5-3-11-33(39)34-12-4-6-18-40(34)45)42-20-8-16-38-36(42)14-10-22-44(38)51-24-30(2)47-26-32-28-49-32/h3-22,29-32H,23-28H2,1-2H3. The summed E-state index contributed by atoms with van der Waals surface area (Å²) < 4.78 is 35.6. The van der Waals surface area contributed by atoms with Crippen molar-refractivity contribution >= 4 is 21.5 Å². The van der Waals surface area contributed by atoms with Crippen LogP contribution in [0.4, 0.5) is 0 Å². The minimum Gasteiger partial charge on any atom is -0.490 e. The average molecular weight is 679 g/mol. The van der Waals surface area contributed by atoms with Crippen LogP contribution in [0.2, 0.25) is 0 Å². The van der Waals surface area contributed by atoms with E-state index in [0.717, 1.165) is 46.3 Å². The molecular weight excluding hydrogens is 636 g/mol. The maximum absolute atomic E-state index is 6.50. The molecule has 0 radical (unpaired) electrons. The summed E-state index contributed by atoms with van der Waals surface area (Å²) in [6.45, 7) is 7.78. The molecule has 6 aromatic carbocycles. The summed E-state index contributed by atoms with van der Waals surface area (Å²) in [7, 11) is 0. The van der Waals surface area contributed by atoms with Crippen molar-refractivity contribution < 1.29 is 28.4 Å². The smallest absolute Gasteiger partial charge is 0.127 e. The Morgan fingerprint density at radius 2 is 0.902 bits per heavy atom. The monoisotopic (exact) mass is 678 g/mol. The van der Waals surface area contributed by atoms with Gasteiger partial charge in [0.15, 0.2) is 0 Å². The molecule has 51 heavy (non-hydrogen) atoms. The molecule has 0 aromatic heterocycles. The molecule has 0 N–H and O–H groups in total. The van der Waals surface area contributed by atoms with Crippen molar-refractivity contribution in [3.63, 3.8) is 0 Å². The Labute approximate surface area is 298 Å². The Hall–Kier alpha value is -4.72. The van der Waals surface area contributed by atoms with Gasteiger partial charge in [-0.15, -0.1) is 0 Å². The van der Waals surface area contributed by atoms with Crippen LogP contribution in [0.25, 0.3) is 32.7 Å². The summed E-state index contributed by atoms with van der Waals surface area (Å²) in [6, 6.07) is 43.9. The van der Waals surface area contributed by atoms with Crippen LogP contribution in [0.15, 0.2) is 121 Å². The zero-order valence-corrected chi connectivity index (χ0v) is 29.0. The highest BCUT2D eigenvalue weighted by molar-refractivity contribution is 6.00. The van der Waals surface area contributed by atoms with Crippen molar-refractivity contribution in [2.45, 2.75) is 43.7 Å². The highest BCUT2D eigenvalue weighted by atomic mass is 16.6. The highest BCUT2D eigenvalue weighted by Crippen LogP contribution is 2.58. The lowest BCUT2D eigenvalue weighted by molar-refractivity contribution is 0.0244. The lowest BCUT2D eigenvalue weighted by Gasteiger charge is -2.36. The Balaban J connectivity index is 1.19. The molecule has 6 nitrogen and oxygen atoms in total. The average Bonchev–Trinajstić information content (AvgIpc) is 4.12. The van der Waals surface area contributed by atoms with Crippen molar-refractivity contribution in [1.29, 1.82) is 0 Å². The molecule has 3 aliphatic rings. The number of benzene rings is 6. The quantitative estimate of drug-likeness (QED) is 0.107. The molecule has 2 heterocycles. The molecule has 6 aromatic rings. The summed E-state index contributed by atoms with van der Waals surface area (Å²) in [5.74, 6) is 1.70. The van der Waals surface area contributed by atoms with Gasteiger partial charge < -0.3 is 28.4 Å². The van der Waals surface area contributed by atoms with Gasteiger partial charge in [-0.3, -0.25) is 0 Å². The molecular formula is C45H42O6. The molecule has 6 heteroatoms. The van der Waals surface area contributed by atoms with Gasteiger partial charge in [-0.25, -0.2) is 0 Å². The summed E-state index contributed by atoms with van der Waals surface area (Å²) in [5, 5.41) is 4.44. The highest BCUT2D eigenvalue weighted by Gasteiger charge is 2.47. The number of hydrogen-bond donors (Lipinski definition) is 0. The lowest BCUT2D eigenvalue weighted by Crippen LogP contribution is -2.29. The van der Waals surface area contributed by atoms with Crippen molar-refractivity contribution in [2.24, 2.45) is 0 Å². The number of hydrogen-bond acceptors (Lipinski definition) is 6. The first kappa shape index (κ1) is 32.2. The molecule has 1 aliphatic carbocycles. The van der Waals surface area contributed by atoms with Gasteiger partial charge in [-0.05, 0) is 70.1 Å². The Kier molecular flexibility index (Phi) is 8.49. The fourth-order valence-electron chi connectivity index (χ4n) is 7.81. The number of ether oxygens (including phenoxy) is 6. The molecule has 0 spiro atoms. The van der Waals surface area contributed by atoms with Crippen LogP contribution in [-0.2, 0) is 24.4 Å². The van der Waals surface area contributed by atoms with Crippen molar-refractivity contribution in [1.82, 2.24) is 0 Å². The fraction of sp³-hybridized carbons (Fsp3) is 0.289. The van der Waals surface area contributed by atoms with Gasteiger partial charge in [0.2, 0.25) is 0 Å². The third kappa shape index (κ3) is 5.96. The first-order chi connectivity index (χ1) is 25.1. The van der Waals surface area contributed by atoms with Crippen LogP contribution in [-0.4, -0.2) is 64.1 Å². The predicted molar refractivity (Wildman–Crippen MR) is 200 cm³/mol. The van der Waals surface area contributed by atoms with Crippen molar-refractivity contribution in [3.8, 4) is 22.6 Å². The zero-order valence-electron chi connectivity index (χ0n) is 29.0. The second-order valence-corrected chi connectivity index (χ2v) is 14.0. The molecule has 0 saturated carbocycles. The topological polar surface area (TPSA) is 62.0 Å². The molecule has 258 valence electrons. The first-order valence-electron chi connectivity index (χ1n) is 18.1. The molecule has 2 aliphatic heterocycles. The van der Waals surface area contributed by atoms with E-state index in [2.05, 4.69) is 135 Å². The van der Waals surface area contributed by atoms with E-state index in [1.165, 1.54) is 33.4 Å². The van der Waals surface area contributed by atoms with Crippen molar-refractivity contribution in [2.75, 3.05) is 39.6 Å². The lowest BCUT2D eigenvalue weighted by atomic mass is 9.65. The Morgan fingerprint density at radius 3 is 1.35 bits per heavy atom. The van der Waals surface area contributed by atoms with Gasteiger partial charge in [-0.2, -0.15) is 0 Å². The zero-order chi connectivity index (χ0) is 34.4. The van der Waals surface area contributed by atoms with Gasteiger partial charge in [0.25, 0.3) is 0 Å². The molecule has 2 saturated heterocycles. The molecule has 4 unspecified atom stereocenters. The Morgan fingerprint density at radius 1 is 0.510 bits per heavy atom. The van der Waals surface area contributed by atoms with E-state index >= 15 is 0 Å². The van der Waals surface area contributed by atoms with Gasteiger partial charge >= 0.3 is 0 Å². The Bertz CT molecular complexity index is 2040. The van der Waals surface area contributed by atoms with Gasteiger partial charge in [-0.1, -0.05) is 109 Å². The third-order valence-corrected chi connectivity index (χ3v) is 10.4. The second-order valence-electron chi connectivity index (χ2n) is 14.0. The third-order valence-electron chi connectivity index (χ3n) is 10.4. The van der Waals surface area contributed by atoms with E-state index in [0.29, 0.717) is 26.4 Å². The van der Waals surface area contributed by atoms with Gasteiger partial charge in [0, 0.05) is 10.8 Å². The number of rotatable bonds is 14. The van der Waals surface area contributed by atoms with Crippen LogP contribution in [0.3, 0.4) is 0 Å². The predicted octanol–water partition coefficient (Wildman–Crippen LogP) is 8.72. The molecule has 0 bridgehead atoms. The SMILES string of the molecule is CC(COc1cccc2c(C3(c4cccc5c(OCC(C)OCC6CO6)cccc45)c4ccccc4-c4ccccc43)cccc12)OCC1CO1. The van der Waals surface area contributed by atoms with Crippen LogP contribution >= 0.6 is 0 Å². The van der Waals surface area contributed by atoms with E-state index in [-0.39, 0.29) is 24.4 Å². The van der Waals surface area contributed by atoms with Crippen LogP contribution in [0, 0.1) is 0 Å². The van der Waals surface area contributed by atoms with Crippen LogP contribution < -0.4 is 9.47 Å². The van der Waals surface area contributed by atoms with E-state index in [1.807, 2.05) is 0 Å². The van der Waals surface area contributed by atoms with E-state index < -0.39 is 5.41 Å². The minimum atomic E-state index is -0.620. The summed E-state index contributed by atoms with van der Waals surface area (Å²) in [6.07, 6.45) is 0.341. The number of epoxide rings is 2.